The molecule has 15 heavy (non-hydrogen) atoms. The lowest BCUT2D eigenvalue weighted by Gasteiger charge is -2.09. The van der Waals surface area contributed by atoms with Crippen LogP contribution in [0.25, 0.3) is 0 Å². The van der Waals surface area contributed by atoms with Crippen molar-refractivity contribution in [2.75, 3.05) is 19.6 Å². The molecule has 0 aromatic rings. The van der Waals surface area contributed by atoms with E-state index < -0.39 is 12.6 Å². The Hall–Kier alpha value is -0.290. The standard InChI is InChI=1S/C10H21F3N2/c1-9(2)15-8-7-14-6-4-3-5-10(11,12)13/h9,14-15H,3-8H2,1-2H3. The van der Waals surface area contributed by atoms with Gasteiger partial charge in [0, 0.05) is 25.6 Å². The van der Waals surface area contributed by atoms with Gasteiger partial charge in [0.15, 0.2) is 0 Å². The second-order valence-corrected chi connectivity index (χ2v) is 3.93. The fourth-order valence-corrected chi connectivity index (χ4v) is 1.15. The van der Waals surface area contributed by atoms with Gasteiger partial charge in [0.1, 0.15) is 0 Å². The van der Waals surface area contributed by atoms with Gasteiger partial charge in [-0.3, -0.25) is 0 Å². The molecule has 0 aromatic heterocycles. The first kappa shape index (κ1) is 14.7. The predicted molar refractivity (Wildman–Crippen MR) is 55.9 cm³/mol. The molecule has 0 saturated heterocycles. The van der Waals surface area contributed by atoms with Crippen molar-refractivity contribution >= 4 is 0 Å². The first-order valence-electron chi connectivity index (χ1n) is 5.42. The summed E-state index contributed by atoms with van der Waals surface area (Å²) < 4.78 is 35.2. The van der Waals surface area contributed by atoms with Crippen molar-refractivity contribution in [2.24, 2.45) is 0 Å². The van der Waals surface area contributed by atoms with E-state index in [-0.39, 0.29) is 6.42 Å². The third kappa shape index (κ3) is 13.7. The zero-order valence-corrected chi connectivity index (χ0v) is 9.45. The zero-order chi connectivity index (χ0) is 11.7. The summed E-state index contributed by atoms with van der Waals surface area (Å²) in [7, 11) is 0. The topological polar surface area (TPSA) is 24.1 Å². The Kier molecular flexibility index (Phi) is 7.78. The van der Waals surface area contributed by atoms with E-state index >= 15 is 0 Å². The number of nitrogens with one attached hydrogen (secondary N) is 2. The van der Waals surface area contributed by atoms with E-state index in [2.05, 4.69) is 24.5 Å². The van der Waals surface area contributed by atoms with Crippen LogP contribution in [0.5, 0.6) is 0 Å². The maximum atomic E-state index is 11.7. The monoisotopic (exact) mass is 226 g/mol. The second-order valence-electron chi connectivity index (χ2n) is 3.93. The van der Waals surface area contributed by atoms with Crippen molar-refractivity contribution in [2.45, 2.75) is 45.3 Å². The summed E-state index contributed by atoms with van der Waals surface area (Å²) in [6.45, 7) is 6.45. The molecule has 0 atom stereocenters. The van der Waals surface area contributed by atoms with Gasteiger partial charge in [-0.1, -0.05) is 13.8 Å². The number of halogens is 3. The number of rotatable bonds is 8. The van der Waals surface area contributed by atoms with Crippen LogP contribution in [0.4, 0.5) is 13.2 Å². The summed E-state index contributed by atoms with van der Waals surface area (Å²) in [6.07, 6.45) is -3.87. The zero-order valence-electron chi connectivity index (χ0n) is 9.45. The van der Waals surface area contributed by atoms with E-state index in [1.54, 1.807) is 0 Å². The number of alkyl halides is 3. The lowest BCUT2D eigenvalue weighted by Crippen LogP contribution is -2.32. The van der Waals surface area contributed by atoms with Crippen LogP contribution < -0.4 is 10.6 Å². The maximum Gasteiger partial charge on any atom is 0.389 e. The van der Waals surface area contributed by atoms with Gasteiger partial charge in [0.2, 0.25) is 0 Å². The molecular formula is C10H21F3N2. The average Bonchev–Trinajstić information content (AvgIpc) is 2.07. The highest BCUT2D eigenvalue weighted by Crippen LogP contribution is 2.21. The molecular weight excluding hydrogens is 205 g/mol. The quantitative estimate of drug-likeness (QED) is 0.621. The third-order valence-electron chi connectivity index (χ3n) is 1.92. The highest BCUT2D eigenvalue weighted by molar-refractivity contribution is 4.57. The second kappa shape index (κ2) is 7.93. The lowest BCUT2D eigenvalue weighted by atomic mass is 10.2. The van der Waals surface area contributed by atoms with Crippen molar-refractivity contribution in [3.05, 3.63) is 0 Å². The third-order valence-corrected chi connectivity index (χ3v) is 1.92. The molecule has 5 heteroatoms. The minimum atomic E-state index is -4.00. The van der Waals surface area contributed by atoms with Gasteiger partial charge in [0.05, 0.1) is 0 Å². The van der Waals surface area contributed by atoms with Crippen molar-refractivity contribution in [3.8, 4) is 0 Å². The first-order chi connectivity index (χ1) is 6.92. The van der Waals surface area contributed by atoms with Gasteiger partial charge in [-0.15, -0.1) is 0 Å². The van der Waals surface area contributed by atoms with E-state index in [9.17, 15) is 13.2 Å². The lowest BCUT2D eigenvalue weighted by molar-refractivity contribution is -0.135. The van der Waals surface area contributed by atoms with Gasteiger partial charge in [-0.25, -0.2) is 0 Å². The molecule has 0 amide bonds. The van der Waals surface area contributed by atoms with Crippen LogP contribution in [0.3, 0.4) is 0 Å². The van der Waals surface area contributed by atoms with Crippen molar-refractivity contribution in [3.63, 3.8) is 0 Å². The van der Waals surface area contributed by atoms with Crippen LogP contribution in [-0.2, 0) is 0 Å². The molecule has 0 saturated carbocycles. The Morgan fingerprint density at radius 3 is 2.20 bits per heavy atom. The summed E-state index contributed by atoms with van der Waals surface area (Å²) in [5.74, 6) is 0. The van der Waals surface area contributed by atoms with Gasteiger partial charge in [-0.2, -0.15) is 13.2 Å². The van der Waals surface area contributed by atoms with Crippen LogP contribution in [0.1, 0.15) is 33.1 Å². The summed E-state index contributed by atoms with van der Waals surface area (Å²) in [5, 5.41) is 6.32. The molecule has 0 heterocycles. The maximum absolute atomic E-state index is 11.7. The fourth-order valence-electron chi connectivity index (χ4n) is 1.15. The number of unbranched alkanes of at least 4 members (excludes halogenated alkanes) is 1. The van der Waals surface area contributed by atoms with Gasteiger partial charge < -0.3 is 10.6 Å². The van der Waals surface area contributed by atoms with Crippen molar-refractivity contribution in [1.82, 2.24) is 10.6 Å². The molecule has 2 nitrogen and oxygen atoms in total. The number of hydrogen-bond donors (Lipinski definition) is 2. The Labute approximate surface area is 89.6 Å². The minimum absolute atomic E-state index is 0.216. The van der Waals surface area contributed by atoms with Crippen molar-refractivity contribution in [1.29, 1.82) is 0 Å². The summed E-state index contributed by atoms with van der Waals surface area (Å²) >= 11 is 0. The molecule has 0 rings (SSSR count). The smallest absolute Gasteiger partial charge is 0.315 e. The van der Waals surface area contributed by atoms with Gasteiger partial charge in [0.25, 0.3) is 0 Å². The van der Waals surface area contributed by atoms with E-state index in [0.717, 1.165) is 13.1 Å². The van der Waals surface area contributed by atoms with E-state index in [0.29, 0.717) is 19.0 Å². The van der Waals surface area contributed by atoms with Crippen LogP contribution in [0.15, 0.2) is 0 Å². The van der Waals surface area contributed by atoms with Crippen LogP contribution in [0.2, 0.25) is 0 Å². The summed E-state index contributed by atoms with van der Waals surface area (Å²) in [6, 6.07) is 0.456. The largest absolute Gasteiger partial charge is 0.389 e. The van der Waals surface area contributed by atoms with E-state index in [4.69, 9.17) is 0 Å². The molecule has 0 bridgehead atoms. The Balaban J connectivity index is 3.06. The molecule has 2 N–H and O–H groups in total. The fraction of sp³-hybridized carbons (Fsp3) is 1.00. The molecule has 92 valence electrons. The molecule has 0 radical (unpaired) electrons. The predicted octanol–water partition coefficient (Wildman–Crippen LogP) is 2.31. The van der Waals surface area contributed by atoms with Crippen LogP contribution in [-0.4, -0.2) is 31.9 Å². The molecule has 0 unspecified atom stereocenters. The van der Waals surface area contributed by atoms with Gasteiger partial charge >= 0.3 is 6.18 Å². The molecule has 0 aliphatic rings. The van der Waals surface area contributed by atoms with Crippen LogP contribution in [0, 0.1) is 0 Å². The Morgan fingerprint density at radius 1 is 1.00 bits per heavy atom. The van der Waals surface area contributed by atoms with Crippen LogP contribution >= 0.6 is 0 Å². The van der Waals surface area contributed by atoms with Crippen molar-refractivity contribution < 1.29 is 13.2 Å². The van der Waals surface area contributed by atoms with E-state index in [1.807, 2.05) is 0 Å². The highest BCUT2D eigenvalue weighted by atomic mass is 19.4. The first-order valence-corrected chi connectivity index (χ1v) is 5.42. The molecule has 0 fully saturated rings. The molecule has 0 aliphatic carbocycles. The molecule has 0 aliphatic heterocycles. The van der Waals surface area contributed by atoms with Gasteiger partial charge in [-0.05, 0) is 19.4 Å². The highest BCUT2D eigenvalue weighted by Gasteiger charge is 2.25. The number of hydrogen-bond acceptors (Lipinski definition) is 2. The summed E-state index contributed by atoms with van der Waals surface area (Å²) in [4.78, 5) is 0. The van der Waals surface area contributed by atoms with E-state index in [1.165, 1.54) is 0 Å². The average molecular weight is 226 g/mol. The SMILES string of the molecule is CC(C)NCCNCCCCC(F)(F)F. The Bertz CT molecular complexity index is 146. The minimum Gasteiger partial charge on any atom is -0.315 e. The summed E-state index contributed by atoms with van der Waals surface area (Å²) in [5.41, 5.74) is 0. The molecule has 0 aromatic carbocycles. The molecule has 0 spiro atoms. The normalized spacial score (nSPS) is 12.4. The Morgan fingerprint density at radius 2 is 1.67 bits per heavy atom.